The second kappa shape index (κ2) is 9.83. The van der Waals surface area contributed by atoms with Crippen molar-refractivity contribution in [3.05, 3.63) is 11.9 Å². The summed E-state index contributed by atoms with van der Waals surface area (Å²) in [5.74, 6) is -0.163. The smallest absolute Gasteiger partial charge is 0.273 e. The Morgan fingerprint density at radius 3 is 2.25 bits per heavy atom. The van der Waals surface area contributed by atoms with Gasteiger partial charge in [0.15, 0.2) is 5.69 Å². The largest absolute Gasteiger partial charge is 0.350 e. The van der Waals surface area contributed by atoms with Crippen LogP contribution < -0.4 is 11.1 Å². The molecule has 162 valence electrons. The molecule has 28 heavy (non-hydrogen) atoms. The number of aromatic nitrogens is 3. The fraction of sp³-hybridized carbons (Fsp3) is 0.857. The molecule has 0 saturated heterocycles. The zero-order chi connectivity index (χ0) is 21.6. The second-order valence-corrected chi connectivity index (χ2v) is 10.2. The first kappa shape index (κ1) is 24.6. The van der Waals surface area contributed by atoms with Crippen LogP contribution in [0.5, 0.6) is 0 Å². The van der Waals surface area contributed by atoms with E-state index < -0.39 is 0 Å². The average Bonchev–Trinajstić information content (AvgIpc) is 3.14. The van der Waals surface area contributed by atoms with Crippen molar-refractivity contribution in [3.8, 4) is 0 Å². The topological polar surface area (TPSA) is 89.1 Å². The van der Waals surface area contributed by atoms with E-state index in [1.54, 1.807) is 10.9 Å². The first-order chi connectivity index (χ1) is 12.8. The molecule has 1 rings (SSSR count). The van der Waals surface area contributed by atoms with Crippen LogP contribution in [0.2, 0.25) is 0 Å². The van der Waals surface area contributed by atoms with Gasteiger partial charge in [0.2, 0.25) is 0 Å². The van der Waals surface area contributed by atoms with Crippen LogP contribution in [-0.4, -0.2) is 59.0 Å². The van der Waals surface area contributed by atoms with E-state index in [0.29, 0.717) is 18.8 Å². The summed E-state index contributed by atoms with van der Waals surface area (Å²) in [5.41, 5.74) is 6.23. The summed E-state index contributed by atoms with van der Waals surface area (Å²) >= 11 is 0. The van der Waals surface area contributed by atoms with Crippen LogP contribution in [0.1, 0.15) is 78.2 Å². The van der Waals surface area contributed by atoms with Crippen molar-refractivity contribution in [1.82, 2.24) is 25.2 Å². The SMILES string of the molecule is CCC(C)(C)n1cc(C(=O)NCC(C)(C)CCN(C)CCC(C)(C)CN)nn1. The molecule has 0 aliphatic carbocycles. The van der Waals surface area contributed by atoms with Crippen LogP contribution in [0.15, 0.2) is 6.20 Å². The monoisotopic (exact) mass is 394 g/mol. The third-order valence-electron chi connectivity index (χ3n) is 5.83. The van der Waals surface area contributed by atoms with Gasteiger partial charge in [-0.05, 0) is 70.6 Å². The lowest BCUT2D eigenvalue weighted by molar-refractivity contribution is 0.0926. The fourth-order valence-corrected chi connectivity index (χ4v) is 2.53. The maximum absolute atomic E-state index is 12.5. The second-order valence-electron chi connectivity index (χ2n) is 10.2. The highest BCUT2D eigenvalue weighted by atomic mass is 16.2. The van der Waals surface area contributed by atoms with Gasteiger partial charge < -0.3 is 16.0 Å². The summed E-state index contributed by atoms with van der Waals surface area (Å²) in [7, 11) is 2.15. The van der Waals surface area contributed by atoms with E-state index in [1.807, 2.05) is 0 Å². The fourth-order valence-electron chi connectivity index (χ4n) is 2.53. The highest BCUT2D eigenvalue weighted by Crippen LogP contribution is 2.22. The molecule has 7 heteroatoms. The molecule has 3 N–H and O–H groups in total. The summed E-state index contributed by atoms with van der Waals surface area (Å²) in [6.07, 6.45) is 4.74. The van der Waals surface area contributed by atoms with Crippen LogP contribution in [0, 0.1) is 10.8 Å². The predicted octanol–water partition coefficient (Wildman–Crippen LogP) is 2.88. The predicted molar refractivity (Wildman–Crippen MR) is 115 cm³/mol. The normalized spacial score (nSPS) is 13.2. The minimum absolute atomic E-state index is 0.00594. The lowest BCUT2D eigenvalue weighted by Gasteiger charge is -2.30. The van der Waals surface area contributed by atoms with Crippen LogP contribution in [-0.2, 0) is 5.54 Å². The van der Waals surface area contributed by atoms with Crippen LogP contribution >= 0.6 is 0 Å². The molecule has 7 nitrogen and oxygen atoms in total. The standard InChI is InChI=1S/C21H42N6O/c1-9-21(6,7)27-14-17(24-25-27)18(28)23-16-20(4,5)11-13-26(8)12-10-19(2,3)15-22/h14H,9-13,15-16,22H2,1-8H3,(H,23,28). The summed E-state index contributed by atoms with van der Waals surface area (Å²) in [6, 6.07) is 0. The third kappa shape index (κ3) is 7.87. The van der Waals surface area contributed by atoms with Gasteiger partial charge in [-0.3, -0.25) is 4.79 Å². The van der Waals surface area contributed by atoms with Crippen molar-refractivity contribution in [1.29, 1.82) is 0 Å². The quantitative estimate of drug-likeness (QED) is 0.569. The third-order valence-corrected chi connectivity index (χ3v) is 5.83. The van der Waals surface area contributed by atoms with E-state index >= 15 is 0 Å². The van der Waals surface area contributed by atoms with Crippen LogP contribution in [0.3, 0.4) is 0 Å². The molecule has 1 amide bonds. The number of carbonyl (C=O) groups excluding carboxylic acids is 1. The summed E-state index contributed by atoms with van der Waals surface area (Å²) in [6.45, 7) is 18.4. The van der Waals surface area contributed by atoms with Crippen molar-refractivity contribution in [3.63, 3.8) is 0 Å². The van der Waals surface area contributed by atoms with Gasteiger partial charge in [-0.25, -0.2) is 4.68 Å². The Kier molecular flexibility index (Phi) is 8.63. The molecule has 0 saturated carbocycles. The number of nitrogens with one attached hydrogen (secondary N) is 1. The minimum atomic E-state index is -0.163. The van der Waals surface area contributed by atoms with E-state index in [-0.39, 0.29) is 22.3 Å². The zero-order valence-corrected chi connectivity index (χ0v) is 19.3. The summed E-state index contributed by atoms with van der Waals surface area (Å²) < 4.78 is 1.77. The minimum Gasteiger partial charge on any atom is -0.350 e. The molecule has 0 aliphatic heterocycles. The molecule has 0 radical (unpaired) electrons. The lowest BCUT2D eigenvalue weighted by Crippen LogP contribution is -2.37. The Balaban J connectivity index is 2.47. The molecule has 0 bridgehead atoms. The number of nitrogens with zero attached hydrogens (tertiary/aromatic N) is 4. The molecular formula is C21H42N6O. The Hall–Kier alpha value is -1.47. The number of nitrogens with two attached hydrogens (primary N) is 1. The van der Waals surface area contributed by atoms with Gasteiger partial charge in [0.1, 0.15) is 0 Å². The van der Waals surface area contributed by atoms with Crippen molar-refractivity contribution in [2.75, 3.05) is 33.2 Å². The van der Waals surface area contributed by atoms with Gasteiger partial charge in [-0.15, -0.1) is 5.10 Å². The Bertz CT molecular complexity index is 620. The van der Waals surface area contributed by atoms with E-state index in [9.17, 15) is 4.79 Å². The molecule has 0 aromatic carbocycles. The lowest BCUT2D eigenvalue weighted by atomic mass is 9.88. The number of carbonyl (C=O) groups is 1. The molecule has 1 aromatic heterocycles. The molecule has 1 heterocycles. The highest BCUT2D eigenvalue weighted by Gasteiger charge is 2.24. The Labute approximate surface area is 171 Å². The van der Waals surface area contributed by atoms with E-state index in [1.165, 1.54) is 0 Å². The van der Waals surface area contributed by atoms with Gasteiger partial charge in [0, 0.05) is 6.54 Å². The summed E-state index contributed by atoms with van der Waals surface area (Å²) in [5, 5.41) is 11.2. The van der Waals surface area contributed by atoms with Crippen molar-refractivity contribution in [2.45, 2.75) is 73.3 Å². The van der Waals surface area contributed by atoms with E-state index in [4.69, 9.17) is 5.73 Å². The maximum Gasteiger partial charge on any atom is 0.273 e. The number of rotatable bonds is 12. The van der Waals surface area contributed by atoms with Crippen molar-refractivity contribution >= 4 is 5.91 Å². The van der Waals surface area contributed by atoms with Gasteiger partial charge in [0.25, 0.3) is 5.91 Å². The van der Waals surface area contributed by atoms with E-state index in [0.717, 1.165) is 32.4 Å². The molecule has 0 atom stereocenters. The highest BCUT2D eigenvalue weighted by molar-refractivity contribution is 5.91. The number of hydrogen-bond acceptors (Lipinski definition) is 5. The van der Waals surface area contributed by atoms with Crippen LogP contribution in [0.25, 0.3) is 0 Å². The average molecular weight is 395 g/mol. The van der Waals surface area contributed by atoms with Gasteiger partial charge in [0.05, 0.1) is 11.7 Å². The van der Waals surface area contributed by atoms with Gasteiger partial charge in [-0.1, -0.05) is 39.8 Å². The Morgan fingerprint density at radius 2 is 1.71 bits per heavy atom. The molecule has 0 aliphatic rings. The Morgan fingerprint density at radius 1 is 1.14 bits per heavy atom. The first-order valence-electron chi connectivity index (χ1n) is 10.4. The molecule has 0 spiro atoms. The zero-order valence-electron chi connectivity index (χ0n) is 19.3. The molecule has 1 aromatic rings. The van der Waals surface area contributed by atoms with Crippen molar-refractivity contribution in [2.24, 2.45) is 16.6 Å². The van der Waals surface area contributed by atoms with E-state index in [2.05, 4.69) is 76.0 Å². The van der Waals surface area contributed by atoms with Crippen LogP contribution in [0.4, 0.5) is 0 Å². The maximum atomic E-state index is 12.5. The number of amides is 1. The van der Waals surface area contributed by atoms with Gasteiger partial charge >= 0.3 is 0 Å². The molecular weight excluding hydrogens is 352 g/mol. The molecule has 0 unspecified atom stereocenters. The first-order valence-corrected chi connectivity index (χ1v) is 10.4. The number of hydrogen-bond donors (Lipinski definition) is 2. The summed E-state index contributed by atoms with van der Waals surface area (Å²) in [4.78, 5) is 14.8. The van der Waals surface area contributed by atoms with Gasteiger partial charge in [-0.2, -0.15) is 0 Å². The molecule has 0 fully saturated rings. The van der Waals surface area contributed by atoms with Crippen molar-refractivity contribution < 1.29 is 4.79 Å².